The van der Waals surface area contributed by atoms with Gasteiger partial charge in [-0.25, -0.2) is 10.1 Å². The topological polar surface area (TPSA) is 126 Å². The van der Waals surface area contributed by atoms with Crippen molar-refractivity contribution in [2.24, 2.45) is 4.99 Å². The molecular weight excluding hydrogens is 368 g/mol. The molecule has 4 rings (SSSR count). The first-order chi connectivity index (χ1) is 13.1. The molecule has 2 aromatic carbocycles. The van der Waals surface area contributed by atoms with E-state index in [0.29, 0.717) is 27.7 Å². The zero-order valence-corrected chi connectivity index (χ0v) is 14.6. The zero-order valence-electron chi connectivity index (χ0n) is 13.7. The van der Waals surface area contributed by atoms with E-state index in [1.807, 2.05) is 12.1 Å². The molecule has 9 nitrogen and oxygen atoms in total. The van der Waals surface area contributed by atoms with Crippen LogP contribution in [0.5, 0.6) is 0 Å². The number of hydrogen-bond acceptors (Lipinski definition) is 7. The summed E-state index contributed by atoms with van der Waals surface area (Å²) in [5, 5.41) is 20.9. The van der Waals surface area contributed by atoms with Gasteiger partial charge in [0, 0.05) is 22.9 Å². The summed E-state index contributed by atoms with van der Waals surface area (Å²) in [6.45, 7) is 0. The number of aromatic amines is 1. The van der Waals surface area contributed by atoms with Crippen molar-refractivity contribution in [1.29, 1.82) is 0 Å². The Balaban J connectivity index is 1.52. The summed E-state index contributed by atoms with van der Waals surface area (Å²) in [6, 6.07) is 13.8. The Kier molecular flexibility index (Phi) is 4.38. The smallest absolute Gasteiger partial charge is 0.275 e. The highest BCUT2D eigenvalue weighted by molar-refractivity contribution is 7.98. The molecule has 0 atom stereocenters. The first-order valence-electron chi connectivity index (χ1n) is 7.89. The van der Waals surface area contributed by atoms with Gasteiger partial charge < -0.3 is 5.32 Å². The third-order valence-electron chi connectivity index (χ3n) is 3.86. The normalized spacial score (nSPS) is 14.2. The van der Waals surface area contributed by atoms with Crippen molar-refractivity contribution in [1.82, 2.24) is 15.2 Å². The van der Waals surface area contributed by atoms with Gasteiger partial charge in [0.25, 0.3) is 11.6 Å². The lowest BCUT2D eigenvalue weighted by Crippen LogP contribution is -2.14. The van der Waals surface area contributed by atoms with Gasteiger partial charge in [0.1, 0.15) is 5.71 Å². The van der Waals surface area contributed by atoms with E-state index in [1.165, 1.54) is 17.8 Å². The number of para-hydroxylation sites is 2. The van der Waals surface area contributed by atoms with Crippen molar-refractivity contribution in [3.05, 3.63) is 69.8 Å². The van der Waals surface area contributed by atoms with Gasteiger partial charge in [0.05, 0.1) is 10.6 Å². The number of aromatic nitrogens is 3. The van der Waals surface area contributed by atoms with Gasteiger partial charge in [-0.1, -0.05) is 48.2 Å². The molecule has 2 heterocycles. The highest BCUT2D eigenvalue weighted by Gasteiger charge is 2.25. The lowest BCUT2D eigenvalue weighted by Gasteiger charge is -2.00. The van der Waals surface area contributed by atoms with Gasteiger partial charge in [-0.15, -0.1) is 5.10 Å². The molecule has 1 aromatic heterocycles. The number of carbonyl (C=O) groups excluding carboxylic acids is 1. The number of nitrogens with zero attached hydrogens (tertiary/aromatic N) is 4. The molecule has 0 saturated heterocycles. The van der Waals surface area contributed by atoms with Gasteiger partial charge in [0.15, 0.2) is 0 Å². The molecule has 1 aliphatic heterocycles. The maximum Gasteiger partial charge on any atom is 0.275 e. The van der Waals surface area contributed by atoms with Crippen molar-refractivity contribution < 1.29 is 9.72 Å². The average Bonchev–Trinajstić information content (AvgIpc) is 3.25. The van der Waals surface area contributed by atoms with E-state index < -0.39 is 4.92 Å². The number of fused-ring (bicyclic) bond motifs is 1. The van der Waals surface area contributed by atoms with Gasteiger partial charge in [-0.3, -0.25) is 14.9 Å². The summed E-state index contributed by atoms with van der Waals surface area (Å²) in [4.78, 5) is 31.2. The molecule has 3 aromatic rings. The summed E-state index contributed by atoms with van der Waals surface area (Å²) in [7, 11) is 0. The van der Waals surface area contributed by atoms with Crippen molar-refractivity contribution in [3.63, 3.8) is 0 Å². The average molecular weight is 380 g/mol. The largest absolute Gasteiger partial charge is 0.320 e. The number of rotatable bonds is 5. The maximum atomic E-state index is 12.1. The summed E-state index contributed by atoms with van der Waals surface area (Å²) in [5.41, 5.74) is 2.30. The fraction of sp³-hybridized carbons (Fsp3) is 0.0588. The van der Waals surface area contributed by atoms with Gasteiger partial charge >= 0.3 is 0 Å². The molecule has 2 N–H and O–H groups in total. The van der Waals surface area contributed by atoms with E-state index in [4.69, 9.17) is 0 Å². The van der Waals surface area contributed by atoms with Crippen LogP contribution in [0.15, 0.2) is 58.7 Å². The number of benzene rings is 2. The number of H-pyrrole nitrogens is 1. The molecule has 0 radical (unpaired) electrons. The molecule has 10 heteroatoms. The van der Waals surface area contributed by atoms with E-state index in [9.17, 15) is 14.9 Å². The molecule has 0 aliphatic carbocycles. The van der Waals surface area contributed by atoms with Crippen LogP contribution >= 0.6 is 11.8 Å². The van der Waals surface area contributed by atoms with Crippen LogP contribution in [-0.4, -0.2) is 31.7 Å². The summed E-state index contributed by atoms with van der Waals surface area (Å²) in [6.07, 6.45) is 0. The highest BCUT2D eigenvalue weighted by Crippen LogP contribution is 2.28. The number of thioether (sulfide) groups is 1. The van der Waals surface area contributed by atoms with E-state index in [-0.39, 0.29) is 23.3 Å². The molecule has 1 amide bonds. The SMILES string of the molecule is O=C1Nc2ccccc2/C1=N/c1nc(SCc2ccccc2[N+](=O)[O-])n[nH]1. The van der Waals surface area contributed by atoms with E-state index in [1.54, 1.807) is 30.3 Å². The minimum atomic E-state index is -0.415. The van der Waals surface area contributed by atoms with Crippen molar-refractivity contribution in [3.8, 4) is 0 Å². The Morgan fingerprint density at radius 1 is 1.15 bits per heavy atom. The van der Waals surface area contributed by atoms with Crippen LogP contribution in [0.3, 0.4) is 0 Å². The predicted octanol–water partition coefficient (Wildman–Crippen LogP) is 3.08. The molecule has 0 unspecified atom stereocenters. The van der Waals surface area contributed by atoms with E-state index in [0.717, 1.165) is 0 Å². The number of nitro benzene ring substituents is 1. The third kappa shape index (κ3) is 3.42. The molecule has 134 valence electrons. The number of aliphatic imine (C=N–C) groups is 1. The number of carbonyl (C=O) groups is 1. The van der Waals surface area contributed by atoms with E-state index >= 15 is 0 Å². The van der Waals surface area contributed by atoms with Crippen molar-refractivity contribution in [2.75, 3.05) is 5.32 Å². The lowest BCUT2D eigenvalue weighted by molar-refractivity contribution is -0.385. The fourth-order valence-electron chi connectivity index (χ4n) is 2.63. The van der Waals surface area contributed by atoms with Gasteiger partial charge in [-0.05, 0) is 6.07 Å². The Morgan fingerprint density at radius 2 is 1.93 bits per heavy atom. The minimum Gasteiger partial charge on any atom is -0.320 e. The Labute approximate surface area is 157 Å². The summed E-state index contributed by atoms with van der Waals surface area (Å²) in [5.74, 6) is 0.234. The second kappa shape index (κ2) is 7.00. The number of nitro groups is 1. The zero-order chi connectivity index (χ0) is 18.8. The van der Waals surface area contributed by atoms with Crippen LogP contribution in [0.1, 0.15) is 11.1 Å². The molecule has 27 heavy (non-hydrogen) atoms. The number of anilines is 1. The van der Waals surface area contributed by atoms with Crippen molar-refractivity contribution >= 4 is 40.7 Å². The summed E-state index contributed by atoms with van der Waals surface area (Å²) >= 11 is 1.24. The van der Waals surface area contributed by atoms with Gasteiger partial charge in [-0.2, -0.15) is 4.98 Å². The van der Waals surface area contributed by atoms with Crippen molar-refractivity contribution in [2.45, 2.75) is 10.9 Å². The Morgan fingerprint density at radius 3 is 2.78 bits per heavy atom. The fourth-order valence-corrected chi connectivity index (χ4v) is 3.42. The second-order valence-corrected chi connectivity index (χ2v) is 6.52. The lowest BCUT2D eigenvalue weighted by atomic mass is 10.1. The van der Waals surface area contributed by atoms with Crippen LogP contribution in [0, 0.1) is 10.1 Å². The first kappa shape index (κ1) is 16.9. The molecule has 0 spiro atoms. The van der Waals surface area contributed by atoms with Gasteiger partial charge in [0.2, 0.25) is 11.1 Å². The standard InChI is InChI=1S/C17H12N6O3S/c24-15-14(11-6-2-3-7-12(11)18-15)19-16-20-17(22-21-16)27-9-10-5-1-4-8-13(10)23(25)26/h1-8H,9H2,(H2,18,19,20,21,22,24). The van der Waals surface area contributed by atoms with Crippen LogP contribution < -0.4 is 5.32 Å². The van der Waals surface area contributed by atoms with Crippen LogP contribution in [0.25, 0.3) is 0 Å². The first-order valence-corrected chi connectivity index (χ1v) is 8.87. The Hall–Kier alpha value is -3.53. The maximum absolute atomic E-state index is 12.1. The predicted molar refractivity (Wildman–Crippen MR) is 100 cm³/mol. The quantitative estimate of drug-likeness (QED) is 0.398. The molecule has 0 saturated carbocycles. The molecular formula is C17H12N6O3S. The number of amides is 1. The third-order valence-corrected chi connectivity index (χ3v) is 4.76. The molecule has 0 fully saturated rings. The number of hydrogen-bond donors (Lipinski definition) is 2. The molecule has 0 bridgehead atoms. The van der Waals surface area contributed by atoms with Crippen LogP contribution in [0.2, 0.25) is 0 Å². The highest BCUT2D eigenvalue weighted by atomic mass is 32.2. The monoisotopic (exact) mass is 380 g/mol. The molecule has 1 aliphatic rings. The minimum absolute atomic E-state index is 0.0558. The summed E-state index contributed by atoms with van der Waals surface area (Å²) < 4.78 is 0. The van der Waals surface area contributed by atoms with Crippen LogP contribution in [-0.2, 0) is 10.5 Å². The Bertz CT molecular complexity index is 1080. The van der Waals surface area contributed by atoms with E-state index in [2.05, 4.69) is 25.5 Å². The number of nitrogens with one attached hydrogen (secondary N) is 2. The van der Waals surface area contributed by atoms with Crippen LogP contribution in [0.4, 0.5) is 17.3 Å². The second-order valence-electron chi connectivity index (χ2n) is 5.58.